The molecule has 0 spiro atoms. The molecule has 0 heterocycles. The Labute approximate surface area is 127 Å². The lowest BCUT2D eigenvalue weighted by molar-refractivity contribution is 0.305. The third-order valence-corrected chi connectivity index (χ3v) is 4.32. The average Bonchev–Trinajstić information content (AvgIpc) is 2.44. The largest absolute Gasteiger partial charge is 0.395 e. The van der Waals surface area contributed by atoms with Gasteiger partial charge in [-0.3, -0.25) is 0 Å². The van der Waals surface area contributed by atoms with Crippen LogP contribution in [-0.2, 0) is 10.0 Å². The number of hydrogen-bond donors (Lipinski definition) is 2. The van der Waals surface area contributed by atoms with Crippen molar-refractivity contribution in [3.05, 3.63) is 29.8 Å². The summed E-state index contributed by atoms with van der Waals surface area (Å²) in [6, 6.07) is 6.53. The summed E-state index contributed by atoms with van der Waals surface area (Å²) >= 11 is 0. The summed E-state index contributed by atoms with van der Waals surface area (Å²) in [6.45, 7) is 4.68. The molecule has 0 saturated heterocycles. The fourth-order valence-corrected chi connectivity index (χ4v) is 2.88. The van der Waals surface area contributed by atoms with Crippen LogP contribution in [-0.4, -0.2) is 26.7 Å². The number of aliphatic hydroxyl groups is 1. The van der Waals surface area contributed by atoms with Crippen LogP contribution in [0.25, 0.3) is 0 Å². The van der Waals surface area contributed by atoms with Crippen molar-refractivity contribution in [2.45, 2.75) is 38.0 Å². The van der Waals surface area contributed by atoms with Gasteiger partial charge in [0.1, 0.15) is 0 Å². The van der Waals surface area contributed by atoms with Crippen LogP contribution in [0.3, 0.4) is 0 Å². The number of sulfonamides is 1. The van der Waals surface area contributed by atoms with E-state index < -0.39 is 10.0 Å². The molecule has 2 N–H and O–H groups in total. The smallest absolute Gasteiger partial charge is 0.240 e. The number of rotatable bonds is 7. The second-order valence-electron chi connectivity index (χ2n) is 5.24. The van der Waals surface area contributed by atoms with Crippen LogP contribution in [0.5, 0.6) is 0 Å². The van der Waals surface area contributed by atoms with Crippen LogP contribution in [0, 0.1) is 17.8 Å². The Balaban J connectivity index is 2.70. The normalized spacial score (nSPS) is 11.2. The molecule has 0 amide bonds. The highest BCUT2D eigenvalue weighted by molar-refractivity contribution is 7.89. The van der Waals surface area contributed by atoms with Crippen molar-refractivity contribution in [2.24, 2.45) is 5.92 Å². The minimum absolute atomic E-state index is 0.00238. The van der Waals surface area contributed by atoms with E-state index in [1.807, 2.05) is 0 Å². The average molecular weight is 309 g/mol. The summed E-state index contributed by atoms with van der Waals surface area (Å²) < 4.78 is 26.9. The third-order valence-electron chi connectivity index (χ3n) is 2.86. The lowest BCUT2D eigenvalue weighted by Crippen LogP contribution is -2.25. The minimum Gasteiger partial charge on any atom is -0.395 e. The van der Waals surface area contributed by atoms with Gasteiger partial charge in [0.15, 0.2) is 0 Å². The van der Waals surface area contributed by atoms with Crippen LogP contribution >= 0.6 is 0 Å². The minimum atomic E-state index is -3.48. The van der Waals surface area contributed by atoms with Crippen LogP contribution < -0.4 is 4.72 Å². The van der Waals surface area contributed by atoms with E-state index >= 15 is 0 Å². The van der Waals surface area contributed by atoms with E-state index in [9.17, 15) is 8.42 Å². The van der Waals surface area contributed by atoms with E-state index in [0.29, 0.717) is 24.4 Å². The first-order valence-electron chi connectivity index (χ1n) is 7.15. The molecule has 5 heteroatoms. The van der Waals surface area contributed by atoms with Gasteiger partial charge in [-0.1, -0.05) is 31.8 Å². The summed E-state index contributed by atoms with van der Waals surface area (Å²) in [5, 5.41) is 8.68. The Bertz CT molecular complexity index is 597. The fraction of sp³-hybridized carbons (Fsp3) is 0.500. The predicted molar refractivity (Wildman–Crippen MR) is 84.3 cm³/mol. The monoisotopic (exact) mass is 309 g/mol. The standard InChI is InChI=1S/C16H23NO3S/c1-14(2)7-6-11-17-21(19,20)16-10-5-9-15(13-16)8-3-4-12-18/h5,9-10,13-14,17-18H,4,6-7,11-12H2,1-2H3. The molecule has 0 bridgehead atoms. The maximum atomic E-state index is 12.2. The molecule has 1 aromatic rings. The van der Waals surface area contributed by atoms with Gasteiger partial charge in [-0.25, -0.2) is 13.1 Å². The SMILES string of the molecule is CC(C)CCCNS(=O)(=O)c1cccc(C#CCCO)c1. The first kappa shape index (κ1) is 17.7. The van der Waals surface area contributed by atoms with Crippen molar-refractivity contribution in [1.82, 2.24) is 4.72 Å². The maximum Gasteiger partial charge on any atom is 0.240 e. The predicted octanol–water partition coefficient (Wildman–Crippen LogP) is 2.13. The van der Waals surface area contributed by atoms with E-state index in [1.165, 1.54) is 0 Å². The molecular weight excluding hydrogens is 286 g/mol. The summed E-state index contributed by atoms with van der Waals surface area (Å²) in [5.41, 5.74) is 0.633. The number of hydrogen-bond acceptors (Lipinski definition) is 3. The summed E-state index contributed by atoms with van der Waals surface area (Å²) in [4.78, 5) is 0.225. The van der Waals surface area contributed by atoms with Crippen LogP contribution in [0.15, 0.2) is 29.2 Å². The summed E-state index contributed by atoms with van der Waals surface area (Å²) in [7, 11) is -3.48. The Morgan fingerprint density at radius 2 is 2.10 bits per heavy atom. The first-order valence-corrected chi connectivity index (χ1v) is 8.63. The van der Waals surface area contributed by atoms with E-state index in [4.69, 9.17) is 5.11 Å². The highest BCUT2D eigenvalue weighted by Gasteiger charge is 2.13. The zero-order valence-electron chi connectivity index (χ0n) is 12.6. The summed E-state index contributed by atoms with van der Waals surface area (Å²) in [6.07, 6.45) is 2.20. The first-order chi connectivity index (χ1) is 9.95. The van der Waals surface area contributed by atoms with Crippen molar-refractivity contribution in [3.8, 4) is 11.8 Å². The maximum absolute atomic E-state index is 12.2. The van der Waals surface area contributed by atoms with Gasteiger partial charge in [-0.2, -0.15) is 0 Å². The molecule has 0 fully saturated rings. The Morgan fingerprint density at radius 3 is 2.76 bits per heavy atom. The molecule has 1 aromatic carbocycles. The van der Waals surface area contributed by atoms with Gasteiger partial charge in [-0.15, -0.1) is 0 Å². The second-order valence-corrected chi connectivity index (χ2v) is 7.00. The van der Waals surface area contributed by atoms with E-state index in [-0.39, 0.29) is 11.5 Å². The van der Waals surface area contributed by atoms with Gasteiger partial charge in [0.05, 0.1) is 11.5 Å². The van der Waals surface area contributed by atoms with E-state index in [2.05, 4.69) is 30.4 Å². The van der Waals surface area contributed by atoms with Gasteiger partial charge in [0.2, 0.25) is 10.0 Å². The van der Waals surface area contributed by atoms with Crippen LogP contribution in [0.1, 0.15) is 38.7 Å². The molecule has 0 atom stereocenters. The van der Waals surface area contributed by atoms with Crippen molar-refractivity contribution in [2.75, 3.05) is 13.2 Å². The Morgan fingerprint density at radius 1 is 1.33 bits per heavy atom. The van der Waals surface area contributed by atoms with Gasteiger partial charge < -0.3 is 5.11 Å². The molecule has 116 valence electrons. The van der Waals surface area contributed by atoms with Crippen molar-refractivity contribution in [1.29, 1.82) is 0 Å². The number of aliphatic hydroxyl groups excluding tert-OH is 1. The van der Waals surface area contributed by atoms with Crippen molar-refractivity contribution in [3.63, 3.8) is 0 Å². The molecule has 21 heavy (non-hydrogen) atoms. The molecule has 0 radical (unpaired) electrons. The molecular formula is C16H23NO3S. The topological polar surface area (TPSA) is 66.4 Å². The molecule has 0 aliphatic heterocycles. The van der Waals surface area contributed by atoms with Crippen LogP contribution in [0.2, 0.25) is 0 Å². The Hall–Kier alpha value is -1.35. The fourth-order valence-electron chi connectivity index (χ4n) is 1.76. The van der Waals surface area contributed by atoms with Crippen LogP contribution in [0.4, 0.5) is 0 Å². The van der Waals surface area contributed by atoms with Gasteiger partial charge in [-0.05, 0) is 37.0 Å². The van der Waals surface area contributed by atoms with E-state index in [1.54, 1.807) is 24.3 Å². The van der Waals surface area contributed by atoms with E-state index in [0.717, 1.165) is 12.8 Å². The van der Waals surface area contributed by atoms with Gasteiger partial charge in [0, 0.05) is 18.5 Å². The molecule has 0 saturated carbocycles. The number of nitrogens with one attached hydrogen (secondary N) is 1. The molecule has 4 nitrogen and oxygen atoms in total. The molecule has 0 aliphatic rings. The zero-order chi connectivity index (χ0) is 15.7. The molecule has 1 rings (SSSR count). The molecule has 0 aliphatic carbocycles. The quantitative estimate of drug-likeness (QED) is 0.599. The lowest BCUT2D eigenvalue weighted by atomic mass is 10.1. The van der Waals surface area contributed by atoms with Gasteiger partial charge in [0.25, 0.3) is 0 Å². The molecule has 0 unspecified atom stereocenters. The van der Waals surface area contributed by atoms with Crippen molar-refractivity contribution < 1.29 is 13.5 Å². The van der Waals surface area contributed by atoms with Crippen molar-refractivity contribution >= 4 is 10.0 Å². The highest BCUT2D eigenvalue weighted by atomic mass is 32.2. The highest BCUT2D eigenvalue weighted by Crippen LogP contribution is 2.11. The van der Waals surface area contributed by atoms with Gasteiger partial charge >= 0.3 is 0 Å². The number of benzene rings is 1. The second kappa shape index (κ2) is 8.83. The summed E-state index contributed by atoms with van der Waals surface area (Å²) in [5.74, 6) is 6.19. The zero-order valence-corrected chi connectivity index (χ0v) is 13.4. The third kappa shape index (κ3) is 6.76. The molecule has 0 aromatic heterocycles. The lowest BCUT2D eigenvalue weighted by Gasteiger charge is -2.08. The Kier molecular flexibility index (Phi) is 7.44.